The van der Waals surface area contributed by atoms with E-state index < -0.39 is 0 Å². The molecule has 1 heterocycles. The molecule has 0 aliphatic heterocycles. The van der Waals surface area contributed by atoms with Crippen LogP contribution in [-0.4, -0.2) is 28.4 Å². The van der Waals surface area contributed by atoms with Gasteiger partial charge in [0, 0.05) is 28.6 Å². The fourth-order valence-corrected chi connectivity index (χ4v) is 3.92. The van der Waals surface area contributed by atoms with Crippen LogP contribution in [-0.2, 0) is 0 Å². The summed E-state index contributed by atoms with van der Waals surface area (Å²) in [5, 5.41) is 4.25. The van der Waals surface area contributed by atoms with Crippen molar-refractivity contribution < 1.29 is 4.79 Å². The summed E-state index contributed by atoms with van der Waals surface area (Å²) in [5.41, 5.74) is 1.74. The summed E-state index contributed by atoms with van der Waals surface area (Å²) >= 11 is 1.90. The second-order valence-corrected chi connectivity index (χ2v) is 6.83. The summed E-state index contributed by atoms with van der Waals surface area (Å²) in [4.78, 5) is 15.4. The van der Waals surface area contributed by atoms with E-state index in [0.717, 1.165) is 23.0 Å². The second-order valence-electron chi connectivity index (χ2n) is 5.56. The Morgan fingerprint density at radius 3 is 2.90 bits per heavy atom. The molecule has 1 amide bonds. The lowest BCUT2D eigenvalue weighted by Gasteiger charge is -2.26. The van der Waals surface area contributed by atoms with Crippen molar-refractivity contribution in [1.82, 2.24) is 10.3 Å². The average molecular weight is 288 g/mol. The van der Waals surface area contributed by atoms with Gasteiger partial charge < -0.3 is 10.3 Å². The minimum absolute atomic E-state index is 0.0295. The number of rotatable bonds is 4. The van der Waals surface area contributed by atoms with Crippen LogP contribution >= 0.6 is 11.8 Å². The van der Waals surface area contributed by atoms with Crippen LogP contribution in [0.4, 0.5) is 0 Å². The Hall–Kier alpha value is -1.42. The lowest BCUT2D eigenvalue weighted by atomic mass is 10.1. The normalized spacial score (nSPS) is 17.4. The molecule has 1 aromatic carbocycles. The number of fused-ring (bicyclic) bond motifs is 1. The Labute approximate surface area is 123 Å². The van der Waals surface area contributed by atoms with Crippen molar-refractivity contribution in [2.24, 2.45) is 0 Å². The van der Waals surface area contributed by atoms with Crippen molar-refractivity contribution in [3.63, 3.8) is 0 Å². The van der Waals surface area contributed by atoms with Gasteiger partial charge in [-0.3, -0.25) is 4.79 Å². The van der Waals surface area contributed by atoms with Crippen LogP contribution in [0.5, 0.6) is 0 Å². The zero-order chi connectivity index (χ0) is 14.0. The predicted molar refractivity (Wildman–Crippen MR) is 85.3 cm³/mol. The molecule has 0 saturated heterocycles. The van der Waals surface area contributed by atoms with E-state index in [9.17, 15) is 4.79 Å². The summed E-state index contributed by atoms with van der Waals surface area (Å²) in [5.74, 6) is 0.0295. The molecule has 1 aliphatic rings. The van der Waals surface area contributed by atoms with Crippen LogP contribution in [0.2, 0.25) is 0 Å². The van der Waals surface area contributed by atoms with Crippen molar-refractivity contribution in [3.05, 3.63) is 36.0 Å². The highest BCUT2D eigenvalue weighted by Crippen LogP contribution is 2.39. The maximum atomic E-state index is 12.3. The first-order valence-electron chi connectivity index (χ1n) is 7.13. The topological polar surface area (TPSA) is 44.9 Å². The molecule has 0 bridgehead atoms. The molecule has 0 radical (unpaired) electrons. The molecule has 2 N–H and O–H groups in total. The van der Waals surface area contributed by atoms with Gasteiger partial charge in [0.05, 0.1) is 0 Å². The SMILES string of the molecule is CSC1(CNC(=O)c2ccc3cc[nH]c3c2)CCCC1. The van der Waals surface area contributed by atoms with E-state index >= 15 is 0 Å². The summed E-state index contributed by atoms with van der Waals surface area (Å²) in [6.07, 6.45) is 9.04. The van der Waals surface area contributed by atoms with E-state index in [1.807, 2.05) is 42.2 Å². The average Bonchev–Trinajstić information content (AvgIpc) is 3.13. The maximum Gasteiger partial charge on any atom is 0.251 e. The first-order chi connectivity index (χ1) is 9.72. The van der Waals surface area contributed by atoms with Crippen LogP contribution < -0.4 is 5.32 Å². The van der Waals surface area contributed by atoms with Gasteiger partial charge >= 0.3 is 0 Å². The van der Waals surface area contributed by atoms with E-state index in [1.54, 1.807) is 0 Å². The van der Waals surface area contributed by atoms with E-state index in [4.69, 9.17) is 0 Å². The van der Waals surface area contributed by atoms with Crippen molar-refractivity contribution in [3.8, 4) is 0 Å². The molecule has 0 atom stereocenters. The highest BCUT2D eigenvalue weighted by molar-refractivity contribution is 8.00. The van der Waals surface area contributed by atoms with Gasteiger partial charge in [-0.25, -0.2) is 0 Å². The number of aromatic amines is 1. The highest BCUT2D eigenvalue weighted by atomic mass is 32.2. The number of benzene rings is 1. The third kappa shape index (κ3) is 2.57. The molecule has 1 aromatic heterocycles. The highest BCUT2D eigenvalue weighted by Gasteiger charge is 2.33. The summed E-state index contributed by atoms with van der Waals surface area (Å²) in [6.45, 7) is 0.774. The van der Waals surface area contributed by atoms with Crippen molar-refractivity contribution >= 4 is 28.6 Å². The molecule has 3 rings (SSSR count). The number of hydrogen-bond acceptors (Lipinski definition) is 2. The summed E-state index contributed by atoms with van der Waals surface area (Å²) in [6, 6.07) is 7.82. The van der Waals surface area contributed by atoms with E-state index in [0.29, 0.717) is 0 Å². The molecule has 20 heavy (non-hydrogen) atoms. The molecule has 2 aromatic rings. The number of H-pyrrole nitrogens is 1. The molecule has 106 valence electrons. The largest absolute Gasteiger partial charge is 0.361 e. The molecule has 1 aliphatic carbocycles. The molecule has 0 unspecified atom stereocenters. The minimum atomic E-state index is 0.0295. The van der Waals surface area contributed by atoms with Gasteiger partial charge in [-0.2, -0.15) is 11.8 Å². The lowest BCUT2D eigenvalue weighted by Crippen LogP contribution is -2.38. The molecule has 1 saturated carbocycles. The first kappa shape index (κ1) is 13.6. The molecule has 4 heteroatoms. The lowest BCUT2D eigenvalue weighted by molar-refractivity contribution is 0.0949. The number of carbonyl (C=O) groups excluding carboxylic acids is 1. The predicted octanol–water partition coefficient (Wildman–Crippen LogP) is 3.57. The fraction of sp³-hybridized carbons (Fsp3) is 0.438. The standard InChI is InChI=1S/C16H20N2OS/c1-20-16(7-2-3-8-16)11-18-15(19)13-5-4-12-6-9-17-14(12)10-13/h4-6,9-10,17H,2-3,7-8,11H2,1H3,(H,18,19). The molecular weight excluding hydrogens is 268 g/mol. The van der Waals surface area contributed by atoms with Gasteiger partial charge in [-0.1, -0.05) is 18.9 Å². The number of aromatic nitrogens is 1. The zero-order valence-corrected chi connectivity index (χ0v) is 12.6. The van der Waals surface area contributed by atoms with E-state index in [-0.39, 0.29) is 10.7 Å². The minimum Gasteiger partial charge on any atom is -0.361 e. The quantitative estimate of drug-likeness (QED) is 0.903. The second kappa shape index (κ2) is 5.52. The molecule has 1 fully saturated rings. The number of thioether (sulfide) groups is 1. The van der Waals surface area contributed by atoms with Crippen LogP contribution in [0.15, 0.2) is 30.5 Å². The number of hydrogen-bond donors (Lipinski definition) is 2. The number of nitrogens with one attached hydrogen (secondary N) is 2. The number of amides is 1. The van der Waals surface area contributed by atoms with Gasteiger partial charge in [0.25, 0.3) is 5.91 Å². The Bertz CT molecular complexity index is 614. The van der Waals surface area contributed by atoms with Crippen LogP contribution in [0.3, 0.4) is 0 Å². The van der Waals surface area contributed by atoms with E-state index in [2.05, 4.69) is 16.6 Å². The van der Waals surface area contributed by atoms with Gasteiger partial charge in [0.2, 0.25) is 0 Å². The summed E-state index contributed by atoms with van der Waals surface area (Å²) in [7, 11) is 0. The smallest absolute Gasteiger partial charge is 0.251 e. The molecular formula is C16H20N2OS. The Balaban J connectivity index is 1.69. The van der Waals surface area contributed by atoms with E-state index in [1.165, 1.54) is 25.7 Å². The third-order valence-corrected chi connectivity index (χ3v) is 5.75. The van der Waals surface area contributed by atoms with Gasteiger partial charge in [-0.05, 0) is 42.7 Å². The third-order valence-electron chi connectivity index (χ3n) is 4.34. The Morgan fingerprint density at radius 1 is 1.35 bits per heavy atom. The van der Waals surface area contributed by atoms with Crippen LogP contribution in [0.1, 0.15) is 36.0 Å². The first-order valence-corrected chi connectivity index (χ1v) is 8.35. The maximum absolute atomic E-state index is 12.3. The van der Waals surface area contributed by atoms with Crippen LogP contribution in [0.25, 0.3) is 10.9 Å². The van der Waals surface area contributed by atoms with Crippen molar-refractivity contribution in [2.45, 2.75) is 30.4 Å². The van der Waals surface area contributed by atoms with Crippen molar-refractivity contribution in [2.75, 3.05) is 12.8 Å². The van der Waals surface area contributed by atoms with Gasteiger partial charge in [0.15, 0.2) is 0 Å². The fourth-order valence-electron chi connectivity index (χ4n) is 3.00. The molecule has 3 nitrogen and oxygen atoms in total. The van der Waals surface area contributed by atoms with Crippen LogP contribution in [0, 0.1) is 0 Å². The van der Waals surface area contributed by atoms with Gasteiger partial charge in [0.1, 0.15) is 0 Å². The van der Waals surface area contributed by atoms with Gasteiger partial charge in [-0.15, -0.1) is 0 Å². The monoisotopic (exact) mass is 288 g/mol. The number of carbonyl (C=O) groups is 1. The molecule has 0 spiro atoms. The van der Waals surface area contributed by atoms with Crippen molar-refractivity contribution in [1.29, 1.82) is 0 Å². The Morgan fingerprint density at radius 2 is 2.15 bits per heavy atom. The summed E-state index contributed by atoms with van der Waals surface area (Å²) < 4.78 is 0.256. The Kier molecular flexibility index (Phi) is 3.74. The zero-order valence-electron chi connectivity index (χ0n) is 11.7.